The summed E-state index contributed by atoms with van der Waals surface area (Å²) in [6.07, 6.45) is 3.67. The lowest BCUT2D eigenvalue weighted by Gasteiger charge is -2.40. The number of hydrogen-bond donors (Lipinski definition) is 2. The van der Waals surface area contributed by atoms with Crippen molar-refractivity contribution in [2.24, 2.45) is 5.41 Å². The average Bonchev–Trinajstić information content (AvgIpc) is 2.46. The molecule has 1 aromatic carbocycles. The molecule has 0 heterocycles. The van der Waals surface area contributed by atoms with E-state index in [4.69, 9.17) is 9.84 Å². The minimum Gasteiger partial charge on any atom is -0.481 e. The van der Waals surface area contributed by atoms with Gasteiger partial charge in [-0.25, -0.2) is 0 Å². The van der Waals surface area contributed by atoms with Crippen molar-refractivity contribution in [2.45, 2.75) is 31.4 Å². The first kappa shape index (κ1) is 17.8. The smallest absolute Gasteiger partial charge is 0.313 e. The molecule has 2 N–H and O–H groups in total. The van der Waals surface area contributed by atoms with E-state index in [1.807, 2.05) is 24.3 Å². The van der Waals surface area contributed by atoms with Crippen LogP contribution in [-0.4, -0.2) is 36.5 Å². The Morgan fingerprint density at radius 3 is 2.78 bits per heavy atom. The zero-order valence-electron chi connectivity index (χ0n) is 13.3. The predicted octanol–water partition coefficient (Wildman–Crippen LogP) is 3.15. The molecule has 1 aliphatic carbocycles. The third-order valence-electron chi connectivity index (χ3n) is 4.26. The zero-order chi connectivity index (χ0) is 16.7. The second kappa shape index (κ2) is 8.36. The van der Waals surface area contributed by atoms with Crippen LogP contribution >= 0.6 is 11.8 Å². The number of hydrogen-bond acceptors (Lipinski definition) is 4. The number of carboxylic acids is 1. The Morgan fingerprint density at radius 2 is 2.17 bits per heavy atom. The minimum absolute atomic E-state index is 0.0659. The van der Waals surface area contributed by atoms with Crippen LogP contribution in [0.3, 0.4) is 0 Å². The Bertz CT molecular complexity index is 557. The van der Waals surface area contributed by atoms with Gasteiger partial charge >= 0.3 is 5.97 Å². The van der Waals surface area contributed by atoms with Gasteiger partial charge in [-0.3, -0.25) is 9.59 Å². The third-order valence-corrected chi connectivity index (χ3v) is 5.24. The van der Waals surface area contributed by atoms with Gasteiger partial charge in [0.1, 0.15) is 0 Å². The zero-order valence-corrected chi connectivity index (χ0v) is 14.2. The van der Waals surface area contributed by atoms with Crippen LogP contribution in [0, 0.1) is 5.41 Å². The first-order valence-electron chi connectivity index (χ1n) is 7.75. The fourth-order valence-electron chi connectivity index (χ4n) is 2.75. The fourth-order valence-corrected chi connectivity index (χ4v) is 3.44. The van der Waals surface area contributed by atoms with Gasteiger partial charge in [-0.15, -0.1) is 11.8 Å². The molecule has 0 spiro atoms. The monoisotopic (exact) mass is 337 g/mol. The predicted molar refractivity (Wildman–Crippen MR) is 91.6 cm³/mol. The van der Waals surface area contributed by atoms with Gasteiger partial charge in [0, 0.05) is 25.2 Å². The van der Waals surface area contributed by atoms with Gasteiger partial charge in [0.05, 0.1) is 11.2 Å². The molecule has 1 saturated carbocycles. The summed E-state index contributed by atoms with van der Waals surface area (Å²) in [6, 6.07) is 7.60. The summed E-state index contributed by atoms with van der Waals surface area (Å²) in [5.74, 6) is -0.0534. The third kappa shape index (κ3) is 4.97. The first-order chi connectivity index (χ1) is 11.1. The number of carboxylic acid groups (broad SMARTS) is 1. The molecular formula is C17H23NO4S. The Labute approximate surface area is 140 Å². The highest BCUT2D eigenvalue weighted by Gasteiger charge is 2.43. The van der Waals surface area contributed by atoms with E-state index in [-0.39, 0.29) is 17.1 Å². The van der Waals surface area contributed by atoms with Crippen molar-refractivity contribution in [2.75, 3.05) is 24.8 Å². The lowest BCUT2D eigenvalue weighted by Crippen LogP contribution is -2.42. The minimum atomic E-state index is -0.815. The SMILES string of the molecule is COCCC1(C(=O)Nc2cccc(CSCC(=O)O)c2)CCC1. The molecule has 0 aromatic heterocycles. The quantitative estimate of drug-likeness (QED) is 0.724. The number of anilines is 1. The van der Waals surface area contributed by atoms with Crippen molar-refractivity contribution >= 4 is 29.3 Å². The number of methoxy groups -OCH3 is 1. The number of aliphatic carboxylic acids is 1. The standard InChI is InChI=1S/C17H23NO4S/c1-22-9-8-17(6-3-7-17)16(21)18-14-5-2-4-13(10-14)11-23-12-15(19)20/h2,4-5,10H,3,6-9,11-12H2,1H3,(H,18,21)(H,19,20). The second-order valence-electron chi connectivity index (χ2n) is 5.92. The molecule has 1 fully saturated rings. The number of carbonyl (C=O) groups excluding carboxylic acids is 1. The van der Waals surface area contributed by atoms with Gasteiger partial charge < -0.3 is 15.2 Å². The van der Waals surface area contributed by atoms with Crippen molar-refractivity contribution in [3.63, 3.8) is 0 Å². The number of nitrogens with one attached hydrogen (secondary N) is 1. The van der Waals surface area contributed by atoms with Crippen LogP contribution in [0.2, 0.25) is 0 Å². The molecule has 1 aliphatic rings. The lowest BCUT2D eigenvalue weighted by atomic mass is 9.66. The molecule has 0 radical (unpaired) electrons. The van der Waals surface area contributed by atoms with Crippen molar-refractivity contribution in [3.05, 3.63) is 29.8 Å². The van der Waals surface area contributed by atoms with E-state index in [0.29, 0.717) is 12.4 Å². The van der Waals surface area contributed by atoms with Gasteiger partial charge in [-0.05, 0) is 37.0 Å². The van der Waals surface area contributed by atoms with Gasteiger partial charge in [0.25, 0.3) is 0 Å². The maximum Gasteiger partial charge on any atom is 0.313 e. The van der Waals surface area contributed by atoms with E-state index in [1.54, 1.807) is 7.11 Å². The van der Waals surface area contributed by atoms with E-state index in [1.165, 1.54) is 11.8 Å². The molecule has 2 rings (SSSR count). The number of carbonyl (C=O) groups is 2. The number of thioether (sulfide) groups is 1. The van der Waals surface area contributed by atoms with Gasteiger partial charge in [-0.2, -0.15) is 0 Å². The summed E-state index contributed by atoms with van der Waals surface area (Å²) in [5, 5.41) is 11.7. The molecule has 6 heteroatoms. The number of ether oxygens (including phenoxy) is 1. The number of amides is 1. The summed E-state index contributed by atoms with van der Waals surface area (Å²) < 4.78 is 5.13. The fraction of sp³-hybridized carbons (Fsp3) is 0.529. The van der Waals surface area contributed by atoms with Crippen LogP contribution in [0.1, 0.15) is 31.2 Å². The molecule has 23 heavy (non-hydrogen) atoms. The highest BCUT2D eigenvalue weighted by Crippen LogP contribution is 2.44. The van der Waals surface area contributed by atoms with Crippen LogP contribution in [0.5, 0.6) is 0 Å². The highest BCUT2D eigenvalue weighted by atomic mass is 32.2. The molecule has 126 valence electrons. The largest absolute Gasteiger partial charge is 0.481 e. The highest BCUT2D eigenvalue weighted by molar-refractivity contribution is 7.99. The van der Waals surface area contributed by atoms with Crippen molar-refractivity contribution in [1.82, 2.24) is 0 Å². The first-order valence-corrected chi connectivity index (χ1v) is 8.90. The molecular weight excluding hydrogens is 314 g/mol. The van der Waals surface area contributed by atoms with Gasteiger partial charge in [-0.1, -0.05) is 18.6 Å². The summed E-state index contributed by atoms with van der Waals surface area (Å²) in [5.41, 5.74) is 1.49. The Morgan fingerprint density at radius 1 is 1.39 bits per heavy atom. The number of rotatable bonds is 9. The molecule has 1 aromatic rings. The summed E-state index contributed by atoms with van der Waals surface area (Å²) >= 11 is 1.35. The maximum absolute atomic E-state index is 12.6. The van der Waals surface area contributed by atoms with E-state index < -0.39 is 5.97 Å². The summed E-state index contributed by atoms with van der Waals surface area (Å²) in [4.78, 5) is 23.1. The molecule has 0 unspecified atom stereocenters. The molecule has 0 saturated heterocycles. The van der Waals surface area contributed by atoms with Crippen LogP contribution in [0.25, 0.3) is 0 Å². The second-order valence-corrected chi connectivity index (χ2v) is 6.90. The summed E-state index contributed by atoms with van der Waals surface area (Å²) in [7, 11) is 1.66. The normalized spacial score (nSPS) is 15.7. The molecule has 1 amide bonds. The average molecular weight is 337 g/mol. The molecule has 0 atom stereocenters. The van der Waals surface area contributed by atoms with E-state index >= 15 is 0 Å². The van der Waals surface area contributed by atoms with E-state index in [0.717, 1.165) is 36.9 Å². The van der Waals surface area contributed by atoms with Crippen LogP contribution in [0.15, 0.2) is 24.3 Å². The Hall–Kier alpha value is -1.53. The van der Waals surface area contributed by atoms with Crippen molar-refractivity contribution < 1.29 is 19.4 Å². The Balaban J connectivity index is 1.93. The maximum atomic E-state index is 12.6. The van der Waals surface area contributed by atoms with Crippen LogP contribution in [-0.2, 0) is 20.1 Å². The molecule has 0 aliphatic heterocycles. The van der Waals surface area contributed by atoms with Crippen molar-refractivity contribution in [3.8, 4) is 0 Å². The topological polar surface area (TPSA) is 75.6 Å². The van der Waals surface area contributed by atoms with E-state index in [9.17, 15) is 9.59 Å². The van der Waals surface area contributed by atoms with Crippen molar-refractivity contribution in [1.29, 1.82) is 0 Å². The number of benzene rings is 1. The lowest BCUT2D eigenvalue weighted by molar-refractivity contribution is -0.134. The van der Waals surface area contributed by atoms with Crippen LogP contribution < -0.4 is 5.32 Å². The van der Waals surface area contributed by atoms with Gasteiger partial charge in [0.2, 0.25) is 5.91 Å². The van der Waals surface area contributed by atoms with E-state index in [2.05, 4.69) is 5.32 Å². The molecule has 5 nitrogen and oxygen atoms in total. The van der Waals surface area contributed by atoms with Crippen LogP contribution in [0.4, 0.5) is 5.69 Å². The van der Waals surface area contributed by atoms with Gasteiger partial charge in [0.15, 0.2) is 0 Å². The summed E-state index contributed by atoms with van der Waals surface area (Å²) in [6.45, 7) is 0.597. The Kier molecular flexibility index (Phi) is 6.47. The molecule has 0 bridgehead atoms.